The highest BCUT2D eigenvalue weighted by Gasteiger charge is 2.02. The van der Waals surface area contributed by atoms with Crippen molar-refractivity contribution in [3.63, 3.8) is 0 Å². The Labute approximate surface area is 99.8 Å². The van der Waals surface area contributed by atoms with Gasteiger partial charge in [0.05, 0.1) is 18.8 Å². The van der Waals surface area contributed by atoms with Crippen molar-refractivity contribution in [1.29, 1.82) is 0 Å². The number of amides is 1. The third-order valence-electron chi connectivity index (χ3n) is 2.12. The van der Waals surface area contributed by atoms with Crippen LogP contribution in [0.3, 0.4) is 0 Å². The smallest absolute Gasteiger partial charge is 0.250 e. The summed E-state index contributed by atoms with van der Waals surface area (Å²) in [5, 5.41) is 5.45. The van der Waals surface area contributed by atoms with Gasteiger partial charge in [-0.1, -0.05) is 5.92 Å². The fraction of sp³-hybridized carbons (Fsp3) is 0.333. The number of terminal acetylenes is 1. The summed E-state index contributed by atoms with van der Waals surface area (Å²) in [7, 11) is 0. The van der Waals surface area contributed by atoms with Gasteiger partial charge in [-0.25, -0.2) is 0 Å². The van der Waals surface area contributed by atoms with Crippen LogP contribution in [0.2, 0.25) is 0 Å². The number of carbonyl (C=O) groups excluding carboxylic acids is 1. The minimum Gasteiger partial charge on any atom is -0.324 e. The molecule has 0 bridgehead atoms. The van der Waals surface area contributed by atoms with E-state index >= 15 is 0 Å². The average Bonchev–Trinajstić information content (AvgIpc) is 2.32. The van der Waals surface area contributed by atoms with E-state index in [0.29, 0.717) is 18.8 Å². The molecule has 90 valence electrons. The van der Waals surface area contributed by atoms with Crippen molar-refractivity contribution < 1.29 is 4.79 Å². The van der Waals surface area contributed by atoms with Crippen molar-refractivity contribution in [2.45, 2.75) is 13.5 Å². The van der Waals surface area contributed by atoms with Gasteiger partial charge in [-0.2, -0.15) is 0 Å². The van der Waals surface area contributed by atoms with Crippen molar-refractivity contribution in [3.05, 3.63) is 28.7 Å². The number of pyridine rings is 1. The number of rotatable bonds is 5. The van der Waals surface area contributed by atoms with Crippen molar-refractivity contribution in [1.82, 2.24) is 9.88 Å². The molecule has 5 nitrogen and oxygen atoms in total. The lowest BCUT2D eigenvalue weighted by Crippen LogP contribution is -2.29. The van der Waals surface area contributed by atoms with E-state index in [4.69, 9.17) is 6.42 Å². The molecular weight excluding hydrogens is 218 g/mol. The molecule has 0 unspecified atom stereocenters. The maximum absolute atomic E-state index is 11.4. The van der Waals surface area contributed by atoms with E-state index in [0.717, 1.165) is 0 Å². The maximum atomic E-state index is 11.4. The van der Waals surface area contributed by atoms with Gasteiger partial charge < -0.3 is 9.88 Å². The van der Waals surface area contributed by atoms with Crippen LogP contribution in [0.15, 0.2) is 23.1 Å². The van der Waals surface area contributed by atoms with Gasteiger partial charge in [0.2, 0.25) is 5.91 Å². The molecule has 0 spiro atoms. The van der Waals surface area contributed by atoms with E-state index in [2.05, 4.69) is 16.6 Å². The van der Waals surface area contributed by atoms with Gasteiger partial charge in [-0.05, 0) is 13.0 Å². The standard InChI is InChI=1S/C12H15N3O2/c1-3-7-13-8-11(16)14-10-5-6-12(17)15(4-2)9-10/h1,5-6,9,13H,4,7-8H2,2H3,(H,14,16). The zero-order chi connectivity index (χ0) is 12.7. The highest BCUT2D eigenvalue weighted by molar-refractivity contribution is 5.92. The largest absolute Gasteiger partial charge is 0.324 e. The molecule has 0 atom stereocenters. The molecule has 0 aromatic carbocycles. The van der Waals surface area contributed by atoms with Crippen molar-refractivity contribution in [2.75, 3.05) is 18.4 Å². The molecule has 17 heavy (non-hydrogen) atoms. The molecule has 0 saturated carbocycles. The second-order valence-electron chi connectivity index (χ2n) is 3.40. The second-order valence-corrected chi connectivity index (χ2v) is 3.40. The van der Waals surface area contributed by atoms with E-state index in [1.807, 2.05) is 6.92 Å². The van der Waals surface area contributed by atoms with Gasteiger partial charge in [0.25, 0.3) is 5.56 Å². The number of hydrogen-bond donors (Lipinski definition) is 2. The first-order chi connectivity index (χ1) is 8.17. The summed E-state index contributed by atoms with van der Waals surface area (Å²) in [6, 6.07) is 3.00. The highest BCUT2D eigenvalue weighted by Crippen LogP contribution is 2.02. The van der Waals surface area contributed by atoms with E-state index in [9.17, 15) is 9.59 Å². The van der Waals surface area contributed by atoms with Crippen LogP contribution < -0.4 is 16.2 Å². The van der Waals surface area contributed by atoms with Gasteiger partial charge in [-0.3, -0.25) is 14.9 Å². The molecule has 1 rings (SSSR count). The predicted octanol–water partition coefficient (Wildman–Crippen LogP) is 0.0295. The quantitative estimate of drug-likeness (QED) is 0.557. The third-order valence-corrected chi connectivity index (χ3v) is 2.12. The zero-order valence-corrected chi connectivity index (χ0v) is 9.69. The average molecular weight is 233 g/mol. The minimum absolute atomic E-state index is 0.0871. The van der Waals surface area contributed by atoms with E-state index in [1.165, 1.54) is 10.6 Å². The molecule has 1 aromatic heterocycles. The lowest BCUT2D eigenvalue weighted by Gasteiger charge is -2.07. The molecule has 1 aromatic rings. The summed E-state index contributed by atoms with van der Waals surface area (Å²) >= 11 is 0. The fourth-order valence-electron chi connectivity index (χ4n) is 1.31. The van der Waals surface area contributed by atoms with Crippen molar-refractivity contribution in [2.24, 2.45) is 0 Å². The van der Waals surface area contributed by atoms with Gasteiger partial charge >= 0.3 is 0 Å². The van der Waals surface area contributed by atoms with Crippen LogP contribution in [0, 0.1) is 12.3 Å². The SMILES string of the molecule is C#CCNCC(=O)Nc1ccc(=O)n(CC)c1. The Morgan fingerprint density at radius 1 is 1.53 bits per heavy atom. The van der Waals surface area contributed by atoms with Crippen molar-refractivity contribution in [3.8, 4) is 12.3 Å². The first-order valence-corrected chi connectivity index (χ1v) is 5.32. The topological polar surface area (TPSA) is 63.1 Å². The summed E-state index contributed by atoms with van der Waals surface area (Å²) in [4.78, 5) is 22.8. The number of aryl methyl sites for hydroxylation is 1. The second kappa shape index (κ2) is 6.51. The summed E-state index contributed by atoms with van der Waals surface area (Å²) < 4.78 is 1.52. The normalized spacial score (nSPS) is 9.65. The molecule has 0 radical (unpaired) electrons. The Morgan fingerprint density at radius 3 is 2.94 bits per heavy atom. The van der Waals surface area contributed by atoms with Crippen LogP contribution in [0.1, 0.15) is 6.92 Å². The molecule has 0 fully saturated rings. The summed E-state index contributed by atoms with van der Waals surface area (Å²) in [6.07, 6.45) is 6.65. The van der Waals surface area contributed by atoms with Gasteiger partial charge in [0.15, 0.2) is 0 Å². The zero-order valence-electron chi connectivity index (χ0n) is 9.69. The Hall–Kier alpha value is -2.06. The van der Waals surface area contributed by atoms with E-state index in [1.54, 1.807) is 12.3 Å². The summed E-state index contributed by atoms with van der Waals surface area (Å²) in [5.41, 5.74) is 0.509. The number of anilines is 1. The molecule has 0 aliphatic carbocycles. The van der Waals surface area contributed by atoms with Crippen LogP contribution in [0.4, 0.5) is 5.69 Å². The van der Waals surface area contributed by atoms with Crippen LogP contribution in [-0.4, -0.2) is 23.6 Å². The Morgan fingerprint density at radius 2 is 2.29 bits per heavy atom. The van der Waals surface area contributed by atoms with Crippen LogP contribution >= 0.6 is 0 Å². The fourth-order valence-corrected chi connectivity index (χ4v) is 1.31. The van der Waals surface area contributed by atoms with E-state index in [-0.39, 0.29) is 18.0 Å². The highest BCUT2D eigenvalue weighted by atomic mass is 16.2. The molecule has 0 aliphatic rings. The summed E-state index contributed by atoms with van der Waals surface area (Å²) in [5.74, 6) is 2.18. The maximum Gasteiger partial charge on any atom is 0.250 e. The van der Waals surface area contributed by atoms with Crippen LogP contribution in [0.5, 0.6) is 0 Å². The molecule has 0 aliphatic heterocycles. The van der Waals surface area contributed by atoms with Crippen LogP contribution in [0.25, 0.3) is 0 Å². The number of carbonyl (C=O) groups is 1. The van der Waals surface area contributed by atoms with Gasteiger partial charge in [0, 0.05) is 18.8 Å². The molecule has 5 heteroatoms. The first kappa shape index (κ1) is 13.0. The van der Waals surface area contributed by atoms with Gasteiger partial charge in [0.1, 0.15) is 0 Å². The molecule has 1 heterocycles. The Kier molecular flexibility index (Phi) is 4.98. The molecule has 2 N–H and O–H groups in total. The lowest BCUT2D eigenvalue weighted by molar-refractivity contribution is -0.115. The first-order valence-electron chi connectivity index (χ1n) is 5.32. The monoisotopic (exact) mass is 233 g/mol. The number of nitrogens with zero attached hydrogens (tertiary/aromatic N) is 1. The molecule has 0 saturated heterocycles. The van der Waals surface area contributed by atoms with E-state index < -0.39 is 0 Å². The molecular formula is C12H15N3O2. The van der Waals surface area contributed by atoms with Gasteiger partial charge in [-0.15, -0.1) is 6.42 Å². The predicted molar refractivity (Wildman–Crippen MR) is 66.7 cm³/mol. The Balaban J connectivity index is 2.60. The lowest BCUT2D eigenvalue weighted by atomic mass is 10.4. The third kappa shape index (κ3) is 4.13. The Bertz CT molecular complexity index is 485. The van der Waals surface area contributed by atoms with Crippen molar-refractivity contribution >= 4 is 11.6 Å². The summed E-state index contributed by atoms with van der Waals surface area (Å²) in [6.45, 7) is 2.93. The number of aromatic nitrogens is 1. The number of hydrogen-bond acceptors (Lipinski definition) is 3. The van der Waals surface area contributed by atoms with Crippen LogP contribution in [-0.2, 0) is 11.3 Å². The minimum atomic E-state index is -0.193. The molecule has 1 amide bonds. The number of nitrogens with one attached hydrogen (secondary N) is 2.